The number of hydrogen-bond donors (Lipinski definition) is 2. The fraction of sp³-hybridized carbons (Fsp3) is 0.474. The number of para-hydroxylation sites is 1. The molecular formula is C19H28N4O2S. The number of thioether (sulfide) groups is 1. The summed E-state index contributed by atoms with van der Waals surface area (Å²) in [5.41, 5.74) is 0.856. The Kier molecular flexibility index (Phi) is 8.15. The minimum Gasteiger partial charge on any atom is -0.352 e. The number of anilines is 1. The molecule has 2 rings (SSSR count). The SMILES string of the molecule is C=CCNC(=O)CN1CCN(C(C)C(=O)Nc2ccccc2SC)CC1. The Bertz CT molecular complexity index is 630. The second-order valence-electron chi connectivity index (χ2n) is 6.27. The quantitative estimate of drug-likeness (QED) is 0.534. The van der Waals surface area contributed by atoms with Crippen LogP contribution in [0.2, 0.25) is 0 Å². The molecule has 1 saturated heterocycles. The van der Waals surface area contributed by atoms with E-state index in [0.717, 1.165) is 36.8 Å². The highest BCUT2D eigenvalue weighted by Gasteiger charge is 2.26. The van der Waals surface area contributed by atoms with Crippen LogP contribution in [0.25, 0.3) is 0 Å². The maximum atomic E-state index is 12.6. The van der Waals surface area contributed by atoms with Gasteiger partial charge in [0.25, 0.3) is 0 Å². The van der Waals surface area contributed by atoms with Gasteiger partial charge in [0, 0.05) is 37.6 Å². The van der Waals surface area contributed by atoms with Crippen LogP contribution < -0.4 is 10.6 Å². The molecule has 1 atom stereocenters. The van der Waals surface area contributed by atoms with Crippen LogP contribution in [-0.2, 0) is 9.59 Å². The summed E-state index contributed by atoms with van der Waals surface area (Å²) in [5, 5.41) is 5.83. The number of piperazine rings is 1. The minimum absolute atomic E-state index is 0.00340. The second kappa shape index (κ2) is 10.4. The molecule has 0 saturated carbocycles. The van der Waals surface area contributed by atoms with Gasteiger partial charge in [-0.15, -0.1) is 18.3 Å². The van der Waals surface area contributed by atoms with Crippen molar-refractivity contribution in [2.45, 2.75) is 17.9 Å². The largest absolute Gasteiger partial charge is 0.352 e. The molecule has 2 amide bonds. The fourth-order valence-electron chi connectivity index (χ4n) is 2.90. The molecule has 0 aliphatic carbocycles. The number of hydrogen-bond acceptors (Lipinski definition) is 5. The topological polar surface area (TPSA) is 64.7 Å². The van der Waals surface area contributed by atoms with E-state index in [2.05, 4.69) is 27.0 Å². The summed E-state index contributed by atoms with van der Waals surface area (Å²) in [5.74, 6) is 0.0153. The van der Waals surface area contributed by atoms with Crippen molar-refractivity contribution >= 4 is 29.3 Å². The Morgan fingerprint density at radius 2 is 1.96 bits per heavy atom. The van der Waals surface area contributed by atoms with Crippen LogP contribution in [0.3, 0.4) is 0 Å². The Morgan fingerprint density at radius 1 is 1.27 bits per heavy atom. The number of nitrogens with one attached hydrogen (secondary N) is 2. The second-order valence-corrected chi connectivity index (χ2v) is 7.12. The average molecular weight is 377 g/mol. The highest BCUT2D eigenvalue weighted by molar-refractivity contribution is 7.98. The van der Waals surface area contributed by atoms with Crippen LogP contribution in [0, 0.1) is 0 Å². The summed E-state index contributed by atoms with van der Waals surface area (Å²) in [6, 6.07) is 7.62. The van der Waals surface area contributed by atoms with E-state index < -0.39 is 0 Å². The fourth-order valence-corrected chi connectivity index (χ4v) is 3.46. The molecule has 0 spiro atoms. The van der Waals surface area contributed by atoms with E-state index in [9.17, 15) is 9.59 Å². The standard InChI is InChI=1S/C19H28N4O2S/c1-4-9-20-18(24)14-22-10-12-23(13-11-22)15(2)19(25)21-16-7-5-6-8-17(16)26-3/h4-8,15H,1,9-14H2,2-3H3,(H,20,24)(H,21,25). The zero-order chi connectivity index (χ0) is 18.9. The molecular weight excluding hydrogens is 348 g/mol. The van der Waals surface area contributed by atoms with Gasteiger partial charge >= 0.3 is 0 Å². The molecule has 1 aliphatic rings. The molecule has 7 heteroatoms. The first kappa shape index (κ1) is 20.5. The van der Waals surface area contributed by atoms with Gasteiger partial charge in [-0.3, -0.25) is 19.4 Å². The molecule has 0 bridgehead atoms. The van der Waals surface area contributed by atoms with E-state index in [1.165, 1.54) is 0 Å². The van der Waals surface area contributed by atoms with Crippen LogP contribution >= 0.6 is 11.8 Å². The molecule has 1 heterocycles. The van der Waals surface area contributed by atoms with Gasteiger partial charge in [0.2, 0.25) is 11.8 Å². The van der Waals surface area contributed by atoms with E-state index >= 15 is 0 Å². The first-order valence-corrected chi connectivity index (χ1v) is 10.1. The van der Waals surface area contributed by atoms with Gasteiger partial charge in [0.1, 0.15) is 0 Å². The third kappa shape index (κ3) is 5.86. The molecule has 1 aliphatic heterocycles. The predicted molar refractivity (Wildman–Crippen MR) is 108 cm³/mol. The van der Waals surface area contributed by atoms with Crippen molar-refractivity contribution in [3.63, 3.8) is 0 Å². The zero-order valence-electron chi connectivity index (χ0n) is 15.5. The van der Waals surface area contributed by atoms with Crippen LogP contribution in [0.1, 0.15) is 6.92 Å². The lowest BCUT2D eigenvalue weighted by molar-refractivity contribution is -0.124. The Hall–Kier alpha value is -1.83. The molecule has 1 aromatic carbocycles. The highest BCUT2D eigenvalue weighted by Crippen LogP contribution is 2.25. The summed E-state index contributed by atoms with van der Waals surface area (Å²) >= 11 is 1.62. The lowest BCUT2D eigenvalue weighted by atomic mass is 10.2. The van der Waals surface area contributed by atoms with Crippen LogP contribution in [0.5, 0.6) is 0 Å². The summed E-state index contributed by atoms with van der Waals surface area (Å²) < 4.78 is 0. The molecule has 1 unspecified atom stereocenters. The van der Waals surface area contributed by atoms with Crippen molar-refractivity contribution < 1.29 is 9.59 Å². The molecule has 142 valence electrons. The Balaban J connectivity index is 1.82. The van der Waals surface area contributed by atoms with Gasteiger partial charge in [-0.1, -0.05) is 18.2 Å². The van der Waals surface area contributed by atoms with E-state index in [4.69, 9.17) is 0 Å². The van der Waals surface area contributed by atoms with Gasteiger partial charge in [-0.05, 0) is 25.3 Å². The van der Waals surface area contributed by atoms with Crippen molar-refractivity contribution in [1.82, 2.24) is 15.1 Å². The maximum absolute atomic E-state index is 12.6. The molecule has 0 radical (unpaired) electrons. The van der Waals surface area contributed by atoms with Crippen molar-refractivity contribution in [2.24, 2.45) is 0 Å². The van der Waals surface area contributed by atoms with Crippen LogP contribution in [0.15, 0.2) is 41.8 Å². The number of amides is 2. The summed E-state index contributed by atoms with van der Waals surface area (Å²) in [6.45, 7) is 9.51. The number of rotatable bonds is 8. The van der Waals surface area contributed by atoms with Crippen LogP contribution in [0.4, 0.5) is 5.69 Å². The van der Waals surface area contributed by atoms with Gasteiger partial charge in [0.05, 0.1) is 18.3 Å². The monoisotopic (exact) mass is 376 g/mol. The lowest BCUT2D eigenvalue weighted by Crippen LogP contribution is -2.54. The van der Waals surface area contributed by atoms with Gasteiger partial charge < -0.3 is 10.6 Å². The molecule has 0 aromatic heterocycles. The molecule has 6 nitrogen and oxygen atoms in total. The van der Waals surface area contributed by atoms with E-state index in [-0.39, 0.29) is 17.9 Å². The summed E-state index contributed by atoms with van der Waals surface area (Å²) in [7, 11) is 0. The van der Waals surface area contributed by atoms with Crippen molar-refractivity contribution in [2.75, 3.05) is 50.8 Å². The highest BCUT2D eigenvalue weighted by atomic mass is 32.2. The zero-order valence-corrected chi connectivity index (χ0v) is 16.3. The van der Waals surface area contributed by atoms with Crippen molar-refractivity contribution in [1.29, 1.82) is 0 Å². The number of carbonyl (C=O) groups is 2. The first-order chi connectivity index (χ1) is 12.5. The van der Waals surface area contributed by atoms with Crippen LogP contribution in [-0.4, -0.2) is 73.2 Å². The minimum atomic E-state index is -0.207. The third-order valence-electron chi connectivity index (χ3n) is 4.51. The van der Waals surface area contributed by atoms with Crippen molar-refractivity contribution in [3.8, 4) is 0 Å². The van der Waals surface area contributed by atoms with E-state index in [0.29, 0.717) is 13.1 Å². The summed E-state index contributed by atoms with van der Waals surface area (Å²) in [6.07, 6.45) is 3.67. The van der Waals surface area contributed by atoms with E-state index in [1.54, 1.807) is 17.8 Å². The first-order valence-electron chi connectivity index (χ1n) is 8.83. The average Bonchev–Trinajstić information content (AvgIpc) is 2.66. The molecule has 1 fully saturated rings. The molecule has 26 heavy (non-hydrogen) atoms. The normalized spacial score (nSPS) is 16.7. The van der Waals surface area contributed by atoms with E-state index in [1.807, 2.05) is 37.4 Å². The number of benzene rings is 1. The summed E-state index contributed by atoms with van der Waals surface area (Å²) in [4.78, 5) is 29.7. The number of carbonyl (C=O) groups excluding carboxylic acids is 2. The molecule has 2 N–H and O–H groups in total. The lowest BCUT2D eigenvalue weighted by Gasteiger charge is -2.37. The molecule has 1 aromatic rings. The van der Waals surface area contributed by atoms with Gasteiger partial charge in [-0.25, -0.2) is 0 Å². The smallest absolute Gasteiger partial charge is 0.241 e. The van der Waals surface area contributed by atoms with Gasteiger partial charge in [-0.2, -0.15) is 0 Å². The van der Waals surface area contributed by atoms with Gasteiger partial charge in [0.15, 0.2) is 0 Å². The number of nitrogens with zero attached hydrogens (tertiary/aromatic N) is 2. The third-order valence-corrected chi connectivity index (χ3v) is 5.31. The Labute approximate surface area is 160 Å². The predicted octanol–water partition coefficient (Wildman–Crippen LogP) is 1.66. The maximum Gasteiger partial charge on any atom is 0.241 e. The van der Waals surface area contributed by atoms with Crippen molar-refractivity contribution in [3.05, 3.63) is 36.9 Å². The Morgan fingerprint density at radius 3 is 2.62 bits per heavy atom.